The summed E-state index contributed by atoms with van der Waals surface area (Å²) in [7, 11) is 0. The molecule has 4 atom stereocenters. The van der Waals surface area contributed by atoms with Crippen molar-refractivity contribution in [3.63, 3.8) is 0 Å². The molecule has 4 unspecified atom stereocenters. The zero-order valence-electron chi connectivity index (χ0n) is 13.3. The number of aromatic nitrogens is 4. The minimum absolute atomic E-state index is 0.0663. The highest BCUT2D eigenvalue weighted by molar-refractivity contribution is 5.74. The van der Waals surface area contributed by atoms with Crippen molar-refractivity contribution in [2.24, 2.45) is 0 Å². The Morgan fingerprint density at radius 3 is 2.58 bits per heavy atom. The van der Waals surface area contributed by atoms with Gasteiger partial charge in [-0.25, -0.2) is 17.6 Å². The van der Waals surface area contributed by atoms with E-state index in [0.29, 0.717) is 5.69 Å². The minimum atomic E-state index is -2.13. The summed E-state index contributed by atoms with van der Waals surface area (Å²) in [6.45, 7) is 0. The monoisotopic (exact) mass is 366 g/mol. The van der Waals surface area contributed by atoms with E-state index in [9.17, 15) is 17.6 Å². The van der Waals surface area contributed by atoms with Gasteiger partial charge in [-0.15, -0.1) is 10.2 Å². The summed E-state index contributed by atoms with van der Waals surface area (Å²) in [6.07, 6.45) is -7.85. The highest BCUT2D eigenvalue weighted by Crippen LogP contribution is 2.40. The molecule has 0 radical (unpaired) electrons. The SMILES string of the molecule is N#CC(=CNc1cccc(C2C(F)C(F)CC(F)C2F)c1)c1nn[nH]n1. The number of aromatic amines is 1. The lowest BCUT2D eigenvalue weighted by atomic mass is 9.79. The largest absolute Gasteiger partial charge is 0.360 e. The summed E-state index contributed by atoms with van der Waals surface area (Å²) in [5.41, 5.74) is 0.585. The van der Waals surface area contributed by atoms with Crippen molar-refractivity contribution in [1.29, 1.82) is 5.26 Å². The number of nitriles is 1. The Bertz CT molecular complexity index is 804. The average molecular weight is 366 g/mol. The summed E-state index contributed by atoms with van der Waals surface area (Å²) in [5, 5.41) is 24.8. The molecule has 2 aromatic rings. The number of nitrogens with zero attached hydrogens (tertiary/aromatic N) is 4. The number of allylic oxidation sites excluding steroid dienone is 1. The Hall–Kier alpha value is -2.96. The third-order valence-electron chi connectivity index (χ3n) is 4.19. The fourth-order valence-electron chi connectivity index (χ4n) is 2.88. The molecule has 0 saturated heterocycles. The first kappa shape index (κ1) is 17.8. The van der Waals surface area contributed by atoms with Gasteiger partial charge in [0.05, 0.1) is 5.92 Å². The second-order valence-electron chi connectivity index (χ2n) is 5.86. The molecule has 0 bridgehead atoms. The average Bonchev–Trinajstić information content (AvgIpc) is 3.16. The van der Waals surface area contributed by atoms with Crippen LogP contribution >= 0.6 is 0 Å². The van der Waals surface area contributed by atoms with E-state index in [0.717, 1.165) is 0 Å². The van der Waals surface area contributed by atoms with Crippen LogP contribution in [0.15, 0.2) is 30.5 Å². The first-order valence-electron chi connectivity index (χ1n) is 7.78. The molecule has 1 saturated carbocycles. The second kappa shape index (κ2) is 7.51. The molecule has 0 aliphatic heterocycles. The van der Waals surface area contributed by atoms with Gasteiger partial charge in [0.25, 0.3) is 0 Å². The fourth-order valence-corrected chi connectivity index (χ4v) is 2.88. The number of anilines is 1. The van der Waals surface area contributed by atoms with Crippen molar-refractivity contribution in [2.75, 3.05) is 5.32 Å². The second-order valence-corrected chi connectivity index (χ2v) is 5.86. The molecule has 3 rings (SSSR count). The van der Waals surface area contributed by atoms with Gasteiger partial charge in [-0.2, -0.15) is 10.5 Å². The Labute approximate surface area is 145 Å². The third kappa shape index (κ3) is 3.51. The smallest absolute Gasteiger partial charge is 0.216 e. The molecule has 1 fully saturated rings. The Balaban J connectivity index is 1.83. The van der Waals surface area contributed by atoms with Gasteiger partial charge in [0.1, 0.15) is 36.3 Å². The molecule has 0 spiro atoms. The number of H-pyrrole nitrogens is 1. The lowest BCUT2D eigenvalue weighted by Crippen LogP contribution is -2.43. The molecule has 1 heterocycles. The molecule has 136 valence electrons. The maximum Gasteiger partial charge on any atom is 0.216 e. The molecule has 1 aromatic carbocycles. The van der Waals surface area contributed by atoms with Gasteiger partial charge in [0.2, 0.25) is 5.82 Å². The lowest BCUT2D eigenvalue weighted by molar-refractivity contribution is -0.00569. The van der Waals surface area contributed by atoms with Gasteiger partial charge in [-0.05, 0) is 22.9 Å². The van der Waals surface area contributed by atoms with E-state index in [1.54, 1.807) is 6.07 Å². The summed E-state index contributed by atoms with van der Waals surface area (Å²) in [6, 6.07) is 7.75. The first-order valence-corrected chi connectivity index (χ1v) is 7.78. The van der Waals surface area contributed by atoms with E-state index in [2.05, 4.69) is 25.9 Å². The highest BCUT2D eigenvalue weighted by Gasteiger charge is 2.47. The normalized spacial score (nSPS) is 29.2. The maximum atomic E-state index is 14.2. The van der Waals surface area contributed by atoms with Crippen LogP contribution in [-0.4, -0.2) is 45.3 Å². The quantitative estimate of drug-likeness (QED) is 0.641. The highest BCUT2D eigenvalue weighted by atomic mass is 19.2. The van der Waals surface area contributed by atoms with Crippen molar-refractivity contribution in [3.05, 3.63) is 41.9 Å². The number of hydrogen-bond acceptors (Lipinski definition) is 5. The summed E-state index contributed by atoms with van der Waals surface area (Å²) in [4.78, 5) is 0. The van der Waals surface area contributed by atoms with Crippen LogP contribution in [0, 0.1) is 11.3 Å². The molecule has 26 heavy (non-hydrogen) atoms. The summed E-state index contributed by atoms with van der Waals surface area (Å²) >= 11 is 0. The van der Waals surface area contributed by atoms with E-state index in [1.165, 1.54) is 24.4 Å². The molecule has 0 amide bonds. The van der Waals surface area contributed by atoms with Gasteiger partial charge in [-0.3, -0.25) is 0 Å². The van der Waals surface area contributed by atoms with Crippen LogP contribution < -0.4 is 5.32 Å². The fraction of sp³-hybridized carbons (Fsp3) is 0.375. The van der Waals surface area contributed by atoms with Crippen molar-refractivity contribution in [3.8, 4) is 6.07 Å². The third-order valence-corrected chi connectivity index (χ3v) is 4.19. The standard InChI is InChI=1S/C16H14F4N6/c17-11-5-12(18)15(20)13(14(11)19)8-2-1-3-10(4-8)22-7-9(6-21)16-23-25-26-24-16/h1-4,7,11-15,22H,5H2,(H,23,24,25,26). The molecule has 10 heteroatoms. The maximum absolute atomic E-state index is 14.2. The number of benzene rings is 1. The molecular weight excluding hydrogens is 352 g/mol. The molecular formula is C16H14F4N6. The van der Waals surface area contributed by atoms with Crippen LogP contribution in [0.1, 0.15) is 23.7 Å². The van der Waals surface area contributed by atoms with Gasteiger partial charge >= 0.3 is 0 Å². The van der Waals surface area contributed by atoms with Crippen molar-refractivity contribution in [2.45, 2.75) is 37.0 Å². The van der Waals surface area contributed by atoms with E-state index < -0.39 is 37.0 Å². The van der Waals surface area contributed by atoms with Crippen LogP contribution in [0.25, 0.3) is 5.57 Å². The van der Waals surface area contributed by atoms with E-state index in [4.69, 9.17) is 5.26 Å². The number of alkyl halides is 4. The topological polar surface area (TPSA) is 90.3 Å². The van der Waals surface area contributed by atoms with Crippen LogP contribution in [0.3, 0.4) is 0 Å². The van der Waals surface area contributed by atoms with Crippen LogP contribution in [-0.2, 0) is 0 Å². The molecule has 6 nitrogen and oxygen atoms in total. The van der Waals surface area contributed by atoms with Gasteiger partial charge in [-0.1, -0.05) is 12.1 Å². The number of tetrazole rings is 1. The molecule has 1 aliphatic rings. The van der Waals surface area contributed by atoms with Crippen molar-refractivity contribution < 1.29 is 17.6 Å². The number of nitrogens with one attached hydrogen (secondary N) is 2. The zero-order chi connectivity index (χ0) is 18.7. The number of hydrogen-bond donors (Lipinski definition) is 2. The minimum Gasteiger partial charge on any atom is -0.360 e. The first-order chi connectivity index (χ1) is 12.5. The predicted molar refractivity (Wildman–Crippen MR) is 84.8 cm³/mol. The Kier molecular flexibility index (Phi) is 5.16. The molecule has 2 N–H and O–H groups in total. The number of halogens is 4. The van der Waals surface area contributed by atoms with Gasteiger partial charge in [0.15, 0.2) is 0 Å². The zero-order valence-corrected chi connectivity index (χ0v) is 13.3. The molecule has 1 aromatic heterocycles. The predicted octanol–water partition coefficient (Wildman–Crippen LogP) is 3.02. The van der Waals surface area contributed by atoms with Crippen molar-refractivity contribution in [1.82, 2.24) is 20.6 Å². The van der Waals surface area contributed by atoms with E-state index in [-0.39, 0.29) is 17.0 Å². The van der Waals surface area contributed by atoms with Gasteiger partial charge in [0, 0.05) is 18.3 Å². The van der Waals surface area contributed by atoms with E-state index in [1.807, 2.05) is 6.07 Å². The van der Waals surface area contributed by atoms with Crippen LogP contribution in [0.4, 0.5) is 23.2 Å². The molecule has 1 aliphatic carbocycles. The Morgan fingerprint density at radius 2 is 1.96 bits per heavy atom. The van der Waals surface area contributed by atoms with Crippen LogP contribution in [0.2, 0.25) is 0 Å². The summed E-state index contributed by atoms with van der Waals surface area (Å²) < 4.78 is 55.6. The lowest BCUT2D eigenvalue weighted by Gasteiger charge is -2.34. The van der Waals surface area contributed by atoms with E-state index >= 15 is 0 Å². The van der Waals surface area contributed by atoms with Crippen LogP contribution in [0.5, 0.6) is 0 Å². The van der Waals surface area contributed by atoms with Gasteiger partial charge < -0.3 is 5.32 Å². The summed E-state index contributed by atoms with van der Waals surface area (Å²) in [5.74, 6) is -1.47. The van der Waals surface area contributed by atoms with Crippen molar-refractivity contribution >= 4 is 11.3 Å². The Morgan fingerprint density at radius 1 is 1.23 bits per heavy atom. The number of rotatable bonds is 4.